The molecule has 0 saturated heterocycles. The van der Waals surface area contributed by atoms with E-state index in [1.165, 1.54) is 12.8 Å². The van der Waals surface area contributed by atoms with Gasteiger partial charge in [0.15, 0.2) is 0 Å². The van der Waals surface area contributed by atoms with Crippen LogP contribution in [-0.2, 0) is 0 Å². The summed E-state index contributed by atoms with van der Waals surface area (Å²) in [6, 6.07) is 0. The highest BCUT2D eigenvalue weighted by Gasteiger charge is 2.26. The van der Waals surface area contributed by atoms with Crippen molar-refractivity contribution >= 4 is 5.84 Å². The van der Waals surface area contributed by atoms with E-state index in [0.717, 1.165) is 12.8 Å². The van der Waals surface area contributed by atoms with Gasteiger partial charge in [-0.1, -0.05) is 12.8 Å². The van der Waals surface area contributed by atoms with Crippen LogP contribution in [-0.4, -0.2) is 19.0 Å². The minimum atomic E-state index is 0.322. The van der Waals surface area contributed by atoms with E-state index >= 15 is 0 Å². The summed E-state index contributed by atoms with van der Waals surface area (Å²) in [7, 11) is 0. The van der Waals surface area contributed by atoms with E-state index < -0.39 is 0 Å². The Hall–Kier alpha value is -0.610. The third-order valence-electron chi connectivity index (χ3n) is 2.88. The molecule has 76 valence electrons. The normalized spacial score (nSPS) is 28.5. The first kappa shape index (κ1) is 10.5. The second kappa shape index (κ2) is 5.19. The average molecular weight is 184 g/mol. The Bertz CT molecular complexity index is 169. The first-order valence-corrected chi connectivity index (χ1v) is 5.02. The fourth-order valence-corrected chi connectivity index (χ4v) is 2.11. The minimum Gasteiger partial charge on any atom is -0.361 e. The summed E-state index contributed by atoms with van der Waals surface area (Å²) >= 11 is 0. The van der Waals surface area contributed by atoms with Gasteiger partial charge in [0, 0.05) is 5.92 Å². The van der Waals surface area contributed by atoms with Gasteiger partial charge in [-0.2, -0.15) is 0 Å². The molecular formula is C9H20N4. The predicted octanol–water partition coefficient (Wildman–Crippen LogP) is 0.235. The fourth-order valence-electron chi connectivity index (χ4n) is 2.11. The largest absolute Gasteiger partial charge is 0.361 e. The summed E-state index contributed by atoms with van der Waals surface area (Å²) in [4.78, 5) is 0. The Balaban J connectivity index is 2.48. The van der Waals surface area contributed by atoms with Gasteiger partial charge in [0.2, 0.25) is 0 Å². The lowest BCUT2D eigenvalue weighted by atomic mass is 9.78. The van der Waals surface area contributed by atoms with Gasteiger partial charge >= 0.3 is 0 Å². The Morgan fingerprint density at radius 3 is 2.62 bits per heavy atom. The molecule has 1 saturated carbocycles. The van der Waals surface area contributed by atoms with Gasteiger partial charge in [-0.3, -0.25) is 5.41 Å². The fraction of sp³-hybridized carbons (Fsp3) is 0.889. The number of hydrogen-bond donors (Lipinski definition) is 4. The zero-order valence-electron chi connectivity index (χ0n) is 8.05. The summed E-state index contributed by atoms with van der Waals surface area (Å²) in [5.74, 6) is 1.39. The van der Waals surface area contributed by atoms with Crippen molar-refractivity contribution in [3.05, 3.63) is 0 Å². The van der Waals surface area contributed by atoms with Crippen LogP contribution < -0.4 is 16.8 Å². The second-order valence-electron chi connectivity index (χ2n) is 3.68. The highest BCUT2D eigenvalue weighted by Crippen LogP contribution is 2.29. The summed E-state index contributed by atoms with van der Waals surface area (Å²) in [6.45, 7) is 1.05. The number of nitrogens with two attached hydrogens (primary N) is 2. The lowest BCUT2D eigenvalue weighted by molar-refractivity contribution is 0.302. The van der Waals surface area contributed by atoms with Crippen molar-refractivity contribution < 1.29 is 0 Å². The molecule has 2 unspecified atom stereocenters. The van der Waals surface area contributed by atoms with E-state index in [-0.39, 0.29) is 0 Å². The van der Waals surface area contributed by atoms with E-state index in [1.807, 2.05) is 0 Å². The zero-order valence-corrected chi connectivity index (χ0v) is 8.05. The van der Waals surface area contributed by atoms with Crippen molar-refractivity contribution in [1.82, 2.24) is 5.32 Å². The van der Waals surface area contributed by atoms with Gasteiger partial charge in [-0.15, -0.1) is 0 Å². The average Bonchev–Trinajstić information content (AvgIpc) is 2.18. The van der Waals surface area contributed by atoms with E-state index in [2.05, 4.69) is 5.32 Å². The molecule has 0 heterocycles. The van der Waals surface area contributed by atoms with Crippen LogP contribution in [0.25, 0.3) is 0 Å². The van der Waals surface area contributed by atoms with Crippen LogP contribution >= 0.6 is 0 Å². The summed E-state index contributed by atoms with van der Waals surface area (Å²) in [5.41, 5.74) is 11.0. The van der Waals surface area contributed by atoms with Crippen molar-refractivity contribution in [2.75, 3.05) is 13.2 Å². The van der Waals surface area contributed by atoms with Crippen LogP contribution in [0.5, 0.6) is 0 Å². The molecule has 0 aromatic rings. The van der Waals surface area contributed by atoms with Gasteiger partial charge in [-0.25, -0.2) is 0 Å². The molecule has 0 aliphatic heterocycles. The molecule has 0 aromatic carbocycles. The minimum absolute atomic E-state index is 0.322. The molecule has 1 aliphatic rings. The summed E-state index contributed by atoms with van der Waals surface area (Å²) in [5, 5.41) is 10.7. The summed E-state index contributed by atoms with van der Waals surface area (Å²) < 4.78 is 0. The lowest BCUT2D eigenvalue weighted by Crippen LogP contribution is -2.41. The Morgan fingerprint density at radius 1 is 1.31 bits per heavy atom. The standard InChI is InChI=1S/C9H20N4/c10-5-7-3-1-2-4-8(7)9(12)13-6-11/h7-8H,1-6,10-11H2,(H2,12,13). The molecule has 0 bridgehead atoms. The predicted molar refractivity (Wildman–Crippen MR) is 54.4 cm³/mol. The quantitative estimate of drug-likeness (QED) is 0.288. The van der Waals surface area contributed by atoms with Crippen LogP contribution in [0.2, 0.25) is 0 Å². The third kappa shape index (κ3) is 2.67. The van der Waals surface area contributed by atoms with Gasteiger partial charge in [0.05, 0.1) is 12.5 Å². The van der Waals surface area contributed by atoms with Crippen molar-refractivity contribution in [3.8, 4) is 0 Å². The Kier molecular flexibility index (Phi) is 4.18. The van der Waals surface area contributed by atoms with Crippen molar-refractivity contribution in [1.29, 1.82) is 5.41 Å². The first-order chi connectivity index (χ1) is 6.29. The van der Waals surface area contributed by atoms with Gasteiger partial charge in [0.1, 0.15) is 0 Å². The van der Waals surface area contributed by atoms with Crippen LogP contribution in [0, 0.1) is 17.2 Å². The second-order valence-corrected chi connectivity index (χ2v) is 3.68. The molecule has 1 aliphatic carbocycles. The van der Waals surface area contributed by atoms with E-state index in [1.54, 1.807) is 0 Å². The first-order valence-electron chi connectivity index (χ1n) is 5.02. The zero-order chi connectivity index (χ0) is 9.68. The Morgan fingerprint density at radius 2 is 2.00 bits per heavy atom. The summed E-state index contributed by atoms with van der Waals surface area (Å²) in [6.07, 6.45) is 4.73. The van der Waals surface area contributed by atoms with Gasteiger partial charge in [0.25, 0.3) is 0 Å². The molecule has 1 rings (SSSR count). The Labute approximate surface area is 79.6 Å². The smallest absolute Gasteiger partial charge is 0.0976 e. The lowest BCUT2D eigenvalue weighted by Gasteiger charge is -2.31. The molecular weight excluding hydrogens is 164 g/mol. The number of amidine groups is 1. The van der Waals surface area contributed by atoms with Crippen molar-refractivity contribution in [3.63, 3.8) is 0 Å². The molecule has 13 heavy (non-hydrogen) atoms. The molecule has 0 amide bonds. The SMILES string of the molecule is N=C(NCN)C1CCCCC1CN. The molecule has 1 fully saturated rings. The van der Waals surface area contributed by atoms with Gasteiger partial charge < -0.3 is 16.8 Å². The maximum absolute atomic E-state index is 7.77. The van der Waals surface area contributed by atoms with Gasteiger partial charge in [-0.05, 0) is 25.3 Å². The van der Waals surface area contributed by atoms with Crippen LogP contribution in [0.15, 0.2) is 0 Å². The van der Waals surface area contributed by atoms with E-state index in [0.29, 0.717) is 30.9 Å². The molecule has 2 atom stereocenters. The maximum atomic E-state index is 7.77. The van der Waals surface area contributed by atoms with Crippen LogP contribution in [0.4, 0.5) is 0 Å². The van der Waals surface area contributed by atoms with Crippen LogP contribution in [0.3, 0.4) is 0 Å². The molecule has 0 aromatic heterocycles. The monoisotopic (exact) mass is 184 g/mol. The van der Waals surface area contributed by atoms with E-state index in [4.69, 9.17) is 16.9 Å². The van der Waals surface area contributed by atoms with Crippen molar-refractivity contribution in [2.24, 2.45) is 23.3 Å². The molecule has 4 nitrogen and oxygen atoms in total. The topological polar surface area (TPSA) is 87.9 Å². The van der Waals surface area contributed by atoms with Crippen LogP contribution in [0.1, 0.15) is 25.7 Å². The van der Waals surface area contributed by atoms with E-state index in [9.17, 15) is 0 Å². The third-order valence-corrected chi connectivity index (χ3v) is 2.88. The molecule has 6 N–H and O–H groups in total. The highest BCUT2D eigenvalue weighted by molar-refractivity contribution is 5.81. The molecule has 4 heteroatoms. The molecule has 0 radical (unpaired) electrons. The van der Waals surface area contributed by atoms with Crippen molar-refractivity contribution in [2.45, 2.75) is 25.7 Å². The number of nitrogens with one attached hydrogen (secondary N) is 2. The maximum Gasteiger partial charge on any atom is 0.0976 e. The highest BCUT2D eigenvalue weighted by atomic mass is 15.0. The number of hydrogen-bond acceptors (Lipinski definition) is 3. The molecule has 0 spiro atoms. The number of rotatable bonds is 3.